The average Bonchev–Trinajstić information content (AvgIpc) is 2.13. The number of carbonyl (C=O) groups excluding carboxylic acids is 1. The van der Waals surface area contributed by atoms with Gasteiger partial charge in [0.1, 0.15) is 0 Å². The predicted molar refractivity (Wildman–Crippen MR) is 42.2 cm³/mol. The number of terminal acetylenes is 1. The predicted octanol–water partition coefficient (Wildman–Crippen LogP) is 0.172. The van der Waals surface area contributed by atoms with Crippen LogP contribution in [0.2, 0.25) is 0 Å². The van der Waals surface area contributed by atoms with Crippen LogP contribution in [0.25, 0.3) is 0 Å². The fraction of sp³-hybridized carbons (Fsp3) is 0.625. The third-order valence-electron chi connectivity index (χ3n) is 1.49. The molecule has 0 aliphatic carbocycles. The molecular formula is C8H12O4. The van der Waals surface area contributed by atoms with Crippen molar-refractivity contribution in [1.82, 2.24) is 0 Å². The molecular weight excluding hydrogens is 160 g/mol. The number of esters is 1. The Morgan fingerprint density at radius 1 is 1.42 bits per heavy atom. The van der Waals surface area contributed by atoms with Crippen LogP contribution in [0.15, 0.2) is 0 Å². The van der Waals surface area contributed by atoms with Gasteiger partial charge >= 0.3 is 5.97 Å². The van der Waals surface area contributed by atoms with Crippen LogP contribution in [-0.4, -0.2) is 33.1 Å². The Hall–Kier alpha value is -1.05. The second kappa shape index (κ2) is 4.75. The molecule has 0 saturated carbocycles. The van der Waals surface area contributed by atoms with E-state index in [-0.39, 0.29) is 6.42 Å². The zero-order chi connectivity index (χ0) is 9.61. The maximum atomic E-state index is 11.1. The van der Waals surface area contributed by atoms with Gasteiger partial charge in [0, 0.05) is 14.2 Å². The Morgan fingerprint density at radius 3 is 2.17 bits per heavy atom. The maximum Gasteiger partial charge on any atom is 0.367 e. The third-order valence-corrected chi connectivity index (χ3v) is 1.49. The number of rotatable bonds is 4. The highest BCUT2D eigenvalue weighted by Crippen LogP contribution is 2.17. The molecule has 0 unspecified atom stereocenters. The third kappa shape index (κ3) is 1.97. The topological polar surface area (TPSA) is 44.8 Å². The van der Waals surface area contributed by atoms with E-state index < -0.39 is 11.8 Å². The molecule has 0 heterocycles. The maximum absolute atomic E-state index is 11.1. The molecule has 0 bridgehead atoms. The van der Waals surface area contributed by atoms with Crippen molar-refractivity contribution in [1.29, 1.82) is 0 Å². The second-order valence-corrected chi connectivity index (χ2v) is 2.03. The van der Waals surface area contributed by atoms with Crippen molar-refractivity contribution in [2.75, 3.05) is 21.3 Å². The Labute approximate surface area is 71.8 Å². The smallest absolute Gasteiger partial charge is 0.367 e. The molecule has 68 valence electrons. The summed E-state index contributed by atoms with van der Waals surface area (Å²) < 4.78 is 14.1. The molecule has 0 spiro atoms. The fourth-order valence-corrected chi connectivity index (χ4v) is 0.756. The summed E-state index contributed by atoms with van der Waals surface area (Å²) in [6.45, 7) is 0. The lowest BCUT2D eigenvalue weighted by molar-refractivity contribution is -0.225. The summed E-state index contributed by atoms with van der Waals surface area (Å²) in [6.07, 6.45) is 5.06. The van der Waals surface area contributed by atoms with Crippen molar-refractivity contribution >= 4 is 5.97 Å². The van der Waals surface area contributed by atoms with Crippen LogP contribution in [0.3, 0.4) is 0 Å². The number of hydrogen-bond donors (Lipinski definition) is 0. The van der Waals surface area contributed by atoms with E-state index in [0.29, 0.717) is 0 Å². The van der Waals surface area contributed by atoms with Crippen LogP contribution >= 0.6 is 0 Å². The first-order valence-electron chi connectivity index (χ1n) is 3.29. The first-order valence-corrected chi connectivity index (χ1v) is 3.29. The van der Waals surface area contributed by atoms with Gasteiger partial charge in [0.05, 0.1) is 13.5 Å². The van der Waals surface area contributed by atoms with E-state index in [1.54, 1.807) is 0 Å². The van der Waals surface area contributed by atoms with Crippen molar-refractivity contribution in [3.05, 3.63) is 0 Å². The number of hydrogen-bond acceptors (Lipinski definition) is 4. The van der Waals surface area contributed by atoms with E-state index in [9.17, 15) is 4.79 Å². The molecule has 0 aromatic carbocycles. The van der Waals surface area contributed by atoms with Gasteiger partial charge in [0.25, 0.3) is 5.79 Å². The standard InChI is InChI=1S/C8H12O4/c1-5-6-8(11-3,12-4)7(9)10-2/h1H,6H2,2-4H3. The zero-order valence-corrected chi connectivity index (χ0v) is 7.42. The van der Waals surface area contributed by atoms with E-state index in [1.165, 1.54) is 21.3 Å². The van der Waals surface area contributed by atoms with Gasteiger partial charge in [-0.25, -0.2) is 4.79 Å². The minimum Gasteiger partial charge on any atom is -0.465 e. The highest BCUT2D eigenvalue weighted by atomic mass is 16.7. The van der Waals surface area contributed by atoms with E-state index in [4.69, 9.17) is 15.9 Å². The summed E-state index contributed by atoms with van der Waals surface area (Å²) in [7, 11) is 3.90. The minimum atomic E-state index is -1.45. The number of ether oxygens (including phenoxy) is 3. The van der Waals surface area contributed by atoms with Gasteiger partial charge in [-0.1, -0.05) is 0 Å². The summed E-state index contributed by atoms with van der Waals surface area (Å²) in [6, 6.07) is 0. The molecule has 0 rings (SSSR count). The Kier molecular flexibility index (Phi) is 4.34. The zero-order valence-electron chi connectivity index (χ0n) is 7.42. The Morgan fingerprint density at radius 2 is 1.92 bits per heavy atom. The summed E-state index contributed by atoms with van der Waals surface area (Å²) in [5.74, 6) is 0.186. The SMILES string of the molecule is C#CCC(OC)(OC)C(=O)OC. The van der Waals surface area contributed by atoms with E-state index >= 15 is 0 Å². The lowest BCUT2D eigenvalue weighted by Gasteiger charge is -2.25. The van der Waals surface area contributed by atoms with Crippen LogP contribution in [0.1, 0.15) is 6.42 Å². The molecule has 0 radical (unpaired) electrons. The fourth-order valence-electron chi connectivity index (χ4n) is 0.756. The summed E-state index contributed by atoms with van der Waals surface area (Å²) in [5.41, 5.74) is 0. The number of methoxy groups -OCH3 is 3. The molecule has 0 N–H and O–H groups in total. The summed E-state index contributed by atoms with van der Waals surface area (Å²) in [4.78, 5) is 11.1. The van der Waals surface area contributed by atoms with E-state index in [2.05, 4.69) is 10.7 Å². The first-order chi connectivity index (χ1) is 5.66. The van der Waals surface area contributed by atoms with Crippen LogP contribution in [0, 0.1) is 12.3 Å². The van der Waals surface area contributed by atoms with Crippen LogP contribution < -0.4 is 0 Å². The minimum absolute atomic E-state index is 0.0205. The molecule has 0 fully saturated rings. The molecule has 4 nitrogen and oxygen atoms in total. The first kappa shape index (κ1) is 11.0. The van der Waals surface area contributed by atoms with Gasteiger partial charge in [-0.2, -0.15) is 0 Å². The van der Waals surface area contributed by atoms with Gasteiger partial charge in [-0.3, -0.25) is 0 Å². The number of carbonyl (C=O) groups is 1. The largest absolute Gasteiger partial charge is 0.465 e. The van der Waals surface area contributed by atoms with Gasteiger partial charge < -0.3 is 14.2 Å². The molecule has 0 saturated heterocycles. The highest BCUT2D eigenvalue weighted by Gasteiger charge is 2.39. The molecule has 12 heavy (non-hydrogen) atoms. The Bertz CT molecular complexity index is 188. The van der Waals surface area contributed by atoms with Crippen molar-refractivity contribution < 1.29 is 19.0 Å². The average molecular weight is 172 g/mol. The van der Waals surface area contributed by atoms with Crippen LogP contribution in [0.4, 0.5) is 0 Å². The van der Waals surface area contributed by atoms with Crippen molar-refractivity contribution in [2.24, 2.45) is 0 Å². The van der Waals surface area contributed by atoms with Gasteiger partial charge in [-0.15, -0.1) is 12.3 Å². The second-order valence-electron chi connectivity index (χ2n) is 2.03. The molecule has 0 aliphatic heterocycles. The van der Waals surface area contributed by atoms with Crippen molar-refractivity contribution in [2.45, 2.75) is 12.2 Å². The van der Waals surface area contributed by atoms with Gasteiger partial charge in [-0.05, 0) is 0 Å². The molecule has 0 aromatic rings. The lowest BCUT2D eigenvalue weighted by atomic mass is 10.2. The highest BCUT2D eigenvalue weighted by molar-refractivity contribution is 5.78. The summed E-state index contributed by atoms with van der Waals surface area (Å²) >= 11 is 0. The molecule has 0 amide bonds. The van der Waals surface area contributed by atoms with Crippen molar-refractivity contribution in [3.8, 4) is 12.3 Å². The molecule has 0 aromatic heterocycles. The Balaban J connectivity index is 4.58. The molecule has 4 heteroatoms. The van der Waals surface area contributed by atoms with E-state index in [1.807, 2.05) is 0 Å². The van der Waals surface area contributed by atoms with Crippen LogP contribution in [-0.2, 0) is 19.0 Å². The summed E-state index contributed by atoms with van der Waals surface area (Å²) in [5, 5.41) is 0. The van der Waals surface area contributed by atoms with Gasteiger partial charge in [0.2, 0.25) is 0 Å². The quantitative estimate of drug-likeness (QED) is 0.344. The van der Waals surface area contributed by atoms with E-state index in [0.717, 1.165) is 0 Å². The van der Waals surface area contributed by atoms with Gasteiger partial charge in [0.15, 0.2) is 0 Å². The van der Waals surface area contributed by atoms with Crippen LogP contribution in [0.5, 0.6) is 0 Å². The normalized spacial score (nSPS) is 10.5. The lowest BCUT2D eigenvalue weighted by Crippen LogP contribution is -2.43. The monoisotopic (exact) mass is 172 g/mol. The molecule has 0 atom stereocenters. The molecule has 0 aliphatic rings. The van der Waals surface area contributed by atoms with Crippen molar-refractivity contribution in [3.63, 3.8) is 0 Å².